The molecular formula is C16H20N4O3. The molecule has 1 saturated carbocycles. The second kappa shape index (κ2) is 5.98. The van der Waals surface area contributed by atoms with Crippen LogP contribution in [0.5, 0.6) is 0 Å². The molecule has 2 aromatic heterocycles. The van der Waals surface area contributed by atoms with E-state index in [4.69, 9.17) is 4.74 Å². The van der Waals surface area contributed by atoms with Gasteiger partial charge < -0.3 is 10.1 Å². The fourth-order valence-electron chi connectivity index (χ4n) is 3.06. The molecule has 2 heterocycles. The van der Waals surface area contributed by atoms with Crippen LogP contribution in [0.1, 0.15) is 48.8 Å². The molecule has 1 aliphatic rings. The van der Waals surface area contributed by atoms with E-state index in [1.165, 1.54) is 0 Å². The van der Waals surface area contributed by atoms with Gasteiger partial charge in [0.15, 0.2) is 5.65 Å². The lowest BCUT2D eigenvalue weighted by atomic mass is 9.97. The molecule has 0 unspecified atom stereocenters. The molecule has 0 spiro atoms. The number of fused-ring (bicyclic) bond motifs is 1. The summed E-state index contributed by atoms with van der Waals surface area (Å²) in [6.45, 7) is 3.90. The maximum absolute atomic E-state index is 12.6. The molecular weight excluding hydrogens is 296 g/mol. The summed E-state index contributed by atoms with van der Waals surface area (Å²) in [5, 5.41) is 10.9. The predicted octanol–water partition coefficient (Wildman–Crippen LogP) is 1.64. The fourth-order valence-corrected chi connectivity index (χ4v) is 3.06. The van der Waals surface area contributed by atoms with Gasteiger partial charge in [-0.3, -0.25) is 9.20 Å². The molecule has 0 atom stereocenters. The Morgan fingerprint density at radius 2 is 2.04 bits per heavy atom. The summed E-state index contributed by atoms with van der Waals surface area (Å²) in [6.07, 6.45) is 4.73. The number of carbonyl (C=O) groups is 2. The van der Waals surface area contributed by atoms with Crippen molar-refractivity contribution in [1.29, 1.82) is 0 Å². The standard InChI is InChI=1S/C16H20N4O3/c1-3-23-15(22)16(8-4-5-9-16)17-14(21)12-6-7-13-19-18-11(2)20(13)10-12/h6-7,10H,3-5,8-9H2,1-2H3,(H,17,21). The highest BCUT2D eigenvalue weighted by Crippen LogP contribution is 2.31. The van der Waals surface area contributed by atoms with Gasteiger partial charge in [-0.2, -0.15) is 0 Å². The zero-order chi connectivity index (χ0) is 16.4. The topological polar surface area (TPSA) is 85.6 Å². The minimum absolute atomic E-state index is 0.282. The highest BCUT2D eigenvalue weighted by Gasteiger charge is 2.44. The monoisotopic (exact) mass is 316 g/mol. The smallest absolute Gasteiger partial charge is 0.331 e. The zero-order valence-electron chi connectivity index (χ0n) is 13.3. The highest BCUT2D eigenvalue weighted by atomic mass is 16.5. The molecule has 1 N–H and O–H groups in total. The van der Waals surface area contributed by atoms with Gasteiger partial charge in [-0.05, 0) is 38.8 Å². The van der Waals surface area contributed by atoms with Crippen molar-refractivity contribution in [2.45, 2.75) is 45.1 Å². The van der Waals surface area contributed by atoms with Crippen LogP contribution in [0, 0.1) is 6.92 Å². The van der Waals surface area contributed by atoms with Gasteiger partial charge in [0, 0.05) is 6.20 Å². The predicted molar refractivity (Wildman–Crippen MR) is 83.0 cm³/mol. The van der Waals surface area contributed by atoms with E-state index in [1.807, 2.05) is 6.92 Å². The molecule has 1 aliphatic carbocycles. The summed E-state index contributed by atoms with van der Waals surface area (Å²) in [5.74, 6) is 0.0815. The first-order valence-corrected chi connectivity index (χ1v) is 7.87. The second-order valence-electron chi connectivity index (χ2n) is 5.86. The summed E-state index contributed by atoms with van der Waals surface area (Å²) in [7, 11) is 0. The van der Waals surface area contributed by atoms with Crippen molar-refractivity contribution < 1.29 is 14.3 Å². The average molecular weight is 316 g/mol. The number of amides is 1. The van der Waals surface area contributed by atoms with Gasteiger partial charge in [0.1, 0.15) is 11.4 Å². The van der Waals surface area contributed by atoms with E-state index in [0.717, 1.165) is 12.8 Å². The first-order chi connectivity index (χ1) is 11.1. The van der Waals surface area contributed by atoms with Crippen LogP contribution >= 0.6 is 0 Å². The van der Waals surface area contributed by atoms with Gasteiger partial charge in [-0.1, -0.05) is 12.8 Å². The molecule has 0 saturated heterocycles. The minimum atomic E-state index is -0.899. The number of hydrogen-bond donors (Lipinski definition) is 1. The number of ether oxygens (including phenoxy) is 1. The highest BCUT2D eigenvalue weighted by molar-refractivity contribution is 5.98. The summed E-state index contributed by atoms with van der Waals surface area (Å²) in [5.41, 5.74) is 0.251. The Kier molecular flexibility index (Phi) is 4.02. The number of hydrogen-bond acceptors (Lipinski definition) is 5. The number of nitrogens with zero attached hydrogens (tertiary/aromatic N) is 3. The van der Waals surface area contributed by atoms with E-state index < -0.39 is 5.54 Å². The van der Waals surface area contributed by atoms with E-state index in [1.54, 1.807) is 29.7 Å². The van der Waals surface area contributed by atoms with Crippen LogP contribution < -0.4 is 5.32 Å². The molecule has 0 aliphatic heterocycles. The van der Waals surface area contributed by atoms with E-state index in [9.17, 15) is 9.59 Å². The number of pyridine rings is 1. The van der Waals surface area contributed by atoms with Gasteiger partial charge in [0.25, 0.3) is 5.91 Å². The number of rotatable bonds is 4. The van der Waals surface area contributed by atoms with Crippen LogP contribution in [-0.4, -0.2) is 38.6 Å². The summed E-state index contributed by atoms with van der Waals surface area (Å²) in [4.78, 5) is 24.9. The van der Waals surface area contributed by atoms with Crippen molar-refractivity contribution >= 4 is 17.5 Å². The molecule has 7 nitrogen and oxygen atoms in total. The Morgan fingerprint density at radius 3 is 2.74 bits per heavy atom. The summed E-state index contributed by atoms with van der Waals surface area (Å²) < 4.78 is 6.91. The lowest BCUT2D eigenvalue weighted by Crippen LogP contribution is -2.53. The van der Waals surface area contributed by atoms with Gasteiger partial charge in [0.05, 0.1) is 12.2 Å². The van der Waals surface area contributed by atoms with Gasteiger partial charge in [-0.25, -0.2) is 4.79 Å². The molecule has 2 aromatic rings. The third-order valence-corrected chi connectivity index (χ3v) is 4.31. The third-order valence-electron chi connectivity index (χ3n) is 4.31. The first kappa shape index (κ1) is 15.5. The van der Waals surface area contributed by atoms with Gasteiger partial charge >= 0.3 is 5.97 Å². The third kappa shape index (κ3) is 2.78. The fraction of sp³-hybridized carbons (Fsp3) is 0.500. The second-order valence-corrected chi connectivity index (χ2v) is 5.86. The molecule has 0 aromatic carbocycles. The van der Waals surface area contributed by atoms with Crippen molar-refractivity contribution in [2.75, 3.05) is 6.61 Å². The quantitative estimate of drug-likeness (QED) is 0.867. The van der Waals surface area contributed by atoms with Crippen LogP contribution in [0.25, 0.3) is 5.65 Å². The largest absolute Gasteiger partial charge is 0.464 e. The van der Waals surface area contributed by atoms with Crippen molar-refractivity contribution in [3.8, 4) is 0 Å². The SMILES string of the molecule is CCOC(=O)C1(NC(=O)c2ccc3nnc(C)n3c2)CCCC1. The Balaban J connectivity index is 1.85. The molecule has 0 bridgehead atoms. The average Bonchev–Trinajstić information content (AvgIpc) is 3.15. The Bertz CT molecular complexity index is 747. The number of carbonyl (C=O) groups excluding carboxylic acids is 2. The number of aryl methyl sites for hydroxylation is 1. The summed E-state index contributed by atoms with van der Waals surface area (Å²) >= 11 is 0. The lowest BCUT2D eigenvalue weighted by Gasteiger charge is -2.27. The lowest BCUT2D eigenvalue weighted by molar-refractivity contribution is -0.150. The van der Waals surface area contributed by atoms with Crippen molar-refractivity contribution in [3.63, 3.8) is 0 Å². The van der Waals surface area contributed by atoms with Crippen molar-refractivity contribution in [3.05, 3.63) is 29.7 Å². The molecule has 0 radical (unpaired) electrons. The van der Waals surface area contributed by atoms with Gasteiger partial charge in [0.2, 0.25) is 0 Å². The van der Waals surface area contributed by atoms with Crippen LogP contribution in [-0.2, 0) is 9.53 Å². The van der Waals surface area contributed by atoms with E-state index in [0.29, 0.717) is 36.5 Å². The molecule has 7 heteroatoms. The molecule has 1 amide bonds. The molecule has 122 valence electrons. The zero-order valence-corrected chi connectivity index (χ0v) is 13.3. The van der Waals surface area contributed by atoms with Crippen LogP contribution in [0.3, 0.4) is 0 Å². The maximum Gasteiger partial charge on any atom is 0.331 e. The maximum atomic E-state index is 12.6. The van der Waals surface area contributed by atoms with Gasteiger partial charge in [-0.15, -0.1) is 10.2 Å². The molecule has 1 fully saturated rings. The van der Waals surface area contributed by atoms with Crippen LogP contribution in [0.4, 0.5) is 0 Å². The van der Waals surface area contributed by atoms with Crippen molar-refractivity contribution in [2.24, 2.45) is 0 Å². The van der Waals surface area contributed by atoms with E-state index in [2.05, 4.69) is 15.5 Å². The van der Waals surface area contributed by atoms with Crippen LogP contribution in [0.15, 0.2) is 18.3 Å². The Hall–Kier alpha value is -2.44. The number of aromatic nitrogens is 3. The Labute approximate surface area is 134 Å². The number of nitrogens with one attached hydrogen (secondary N) is 1. The summed E-state index contributed by atoms with van der Waals surface area (Å²) in [6, 6.07) is 3.42. The molecule has 3 rings (SSSR count). The van der Waals surface area contributed by atoms with E-state index in [-0.39, 0.29) is 11.9 Å². The first-order valence-electron chi connectivity index (χ1n) is 7.87. The minimum Gasteiger partial charge on any atom is -0.464 e. The van der Waals surface area contributed by atoms with Crippen molar-refractivity contribution in [1.82, 2.24) is 19.9 Å². The molecule has 23 heavy (non-hydrogen) atoms. The van der Waals surface area contributed by atoms with Crippen LogP contribution in [0.2, 0.25) is 0 Å². The van der Waals surface area contributed by atoms with E-state index >= 15 is 0 Å². The normalized spacial score (nSPS) is 16.4. The number of esters is 1. The Morgan fingerprint density at radius 1 is 1.30 bits per heavy atom.